The molecule has 0 N–H and O–H groups in total. The maximum atomic E-state index is 13.0. The van der Waals surface area contributed by atoms with Crippen molar-refractivity contribution in [3.05, 3.63) is 18.5 Å². The number of hydrogen-bond donors (Lipinski definition) is 0. The van der Waals surface area contributed by atoms with Crippen molar-refractivity contribution in [3.8, 4) is 0 Å². The fourth-order valence-corrected chi connectivity index (χ4v) is 6.21. The van der Waals surface area contributed by atoms with Gasteiger partial charge in [-0.15, -0.1) is 0 Å². The van der Waals surface area contributed by atoms with Crippen LogP contribution >= 0.6 is 0 Å². The minimum atomic E-state index is -2.86. The number of sulfone groups is 1. The van der Waals surface area contributed by atoms with Gasteiger partial charge in [0.2, 0.25) is 11.9 Å². The van der Waals surface area contributed by atoms with Crippen molar-refractivity contribution >= 4 is 21.7 Å². The molecule has 1 amide bonds. The van der Waals surface area contributed by atoms with Gasteiger partial charge in [-0.2, -0.15) is 0 Å². The van der Waals surface area contributed by atoms with E-state index in [4.69, 9.17) is 0 Å². The van der Waals surface area contributed by atoms with Crippen LogP contribution in [0, 0.1) is 5.92 Å². The molecule has 0 aliphatic carbocycles. The van der Waals surface area contributed by atoms with Gasteiger partial charge in [0.05, 0.1) is 17.4 Å². The summed E-state index contributed by atoms with van der Waals surface area (Å²) in [5.41, 5.74) is 0. The van der Waals surface area contributed by atoms with E-state index in [0.29, 0.717) is 31.3 Å². The summed E-state index contributed by atoms with van der Waals surface area (Å²) in [5.74, 6) is 1.48. The van der Waals surface area contributed by atoms with Crippen LogP contribution in [0.3, 0.4) is 0 Å². The standard InChI is InChI=1S/C18H27N5O3S/c24-17(15-3-1-7-23(13-15)18-19-5-2-6-20-18)22-10-8-21(9-11-22)16-4-12-27(25,26)14-16/h2,5-6,15-16H,1,3-4,7-14H2/t15-,16+/m1/s1. The van der Waals surface area contributed by atoms with Crippen LogP contribution in [-0.2, 0) is 14.6 Å². The highest BCUT2D eigenvalue weighted by Gasteiger charge is 2.36. The van der Waals surface area contributed by atoms with Gasteiger partial charge in [0.15, 0.2) is 9.84 Å². The van der Waals surface area contributed by atoms with Crippen LogP contribution in [0.1, 0.15) is 19.3 Å². The first-order valence-corrected chi connectivity index (χ1v) is 11.6. The van der Waals surface area contributed by atoms with Gasteiger partial charge in [0.1, 0.15) is 0 Å². The third-order valence-corrected chi connectivity index (χ3v) is 7.71. The van der Waals surface area contributed by atoms with Crippen LogP contribution in [-0.4, -0.2) is 90.9 Å². The molecule has 4 heterocycles. The van der Waals surface area contributed by atoms with Gasteiger partial charge in [-0.1, -0.05) is 0 Å². The fourth-order valence-electron chi connectivity index (χ4n) is 4.44. The second-order valence-electron chi connectivity index (χ2n) is 7.75. The number of carbonyl (C=O) groups is 1. The Morgan fingerprint density at radius 3 is 2.44 bits per heavy atom. The molecule has 3 aliphatic heterocycles. The molecule has 0 aromatic carbocycles. The molecule has 1 aromatic heterocycles. The number of anilines is 1. The number of amides is 1. The lowest BCUT2D eigenvalue weighted by molar-refractivity contribution is -0.137. The summed E-state index contributed by atoms with van der Waals surface area (Å²) in [5, 5.41) is 0. The zero-order valence-electron chi connectivity index (χ0n) is 15.5. The molecule has 148 valence electrons. The second-order valence-corrected chi connectivity index (χ2v) is 9.98. The third-order valence-electron chi connectivity index (χ3n) is 5.96. The summed E-state index contributed by atoms with van der Waals surface area (Å²) >= 11 is 0. The first-order valence-electron chi connectivity index (χ1n) is 9.77. The molecule has 0 unspecified atom stereocenters. The van der Waals surface area contributed by atoms with Crippen molar-refractivity contribution in [2.45, 2.75) is 25.3 Å². The molecule has 27 heavy (non-hydrogen) atoms. The molecule has 1 aromatic rings. The lowest BCUT2D eigenvalue weighted by atomic mass is 9.96. The topological polar surface area (TPSA) is 86.7 Å². The molecule has 3 aliphatic rings. The average Bonchev–Trinajstić information content (AvgIpc) is 3.08. The molecule has 4 rings (SSSR count). The van der Waals surface area contributed by atoms with E-state index >= 15 is 0 Å². The maximum absolute atomic E-state index is 13.0. The number of rotatable bonds is 3. The molecule has 3 fully saturated rings. The van der Waals surface area contributed by atoms with Crippen molar-refractivity contribution in [1.82, 2.24) is 19.8 Å². The Bertz CT molecular complexity index is 764. The van der Waals surface area contributed by atoms with E-state index < -0.39 is 9.84 Å². The summed E-state index contributed by atoms with van der Waals surface area (Å²) in [6, 6.07) is 1.93. The number of carbonyl (C=O) groups excluding carboxylic acids is 1. The number of piperidine rings is 1. The van der Waals surface area contributed by atoms with Crippen molar-refractivity contribution in [3.63, 3.8) is 0 Å². The van der Waals surface area contributed by atoms with Crippen molar-refractivity contribution in [2.75, 3.05) is 55.7 Å². The largest absolute Gasteiger partial charge is 0.340 e. The lowest BCUT2D eigenvalue weighted by Gasteiger charge is -2.40. The Hall–Kier alpha value is -1.74. The van der Waals surface area contributed by atoms with Gasteiger partial charge in [-0.05, 0) is 25.3 Å². The summed E-state index contributed by atoms with van der Waals surface area (Å²) in [7, 11) is -2.86. The van der Waals surface area contributed by atoms with E-state index in [1.165, 1.54) is 0 Å². The van der Waals surface area contributed by atoms with Crippen molar-refractivity contribution in [2.24, 2.45) is 5.92 Å². The van der Waals surface area contributed by atoms with E-state index in [0.717, 1.165) is 38.9 Å². The number of piperazine rings is 1. The predicted molar refractivity (Wildman–Crippen MR) is 102 cm³/mol. The first-order chi connectivity index (χ1) is 13.0. The monoisotopic (exact) mass is 393 g/mol. The van der Waals surface area contributed by atoms with E-state index in [2.05, 4.69) is 19.8 Å². The SMILES string of the molecule is O=C([C@@H]1CCCN(c2ncccn2)C1)N1CCN([C@H]2CCS(=O)(=O)C2)CC1. The molecular weight excluding hydrogens is 366 g/mol. The van der Waals surface area contributed by atoms with Crippen molar-refractivity contribution < 1.29 is 13.2 Å². The smallest absolute Gasteiger partial charge is 0.227 e. The highest BCUT2D eigenvalue weighted by molar-refractivity contribution is 7.91. The molecule has 8 nitrogen and oxygen atoms in total. The molecular formula is C18H27N5O3S. The summed E-state index contributed by atoms with van der Waals surface area (Å²) in [6.07, 6.45) is 6.06. The molecule has 0 radical (unpaired) electrons. The van der Waals surface area contributed by atoms with Crippen LogP contribution < -0.4 is 4.90 Å². The van der Waals surface area contributed by atoms with Crippen LogP contribution in [0.5, 0.6) is 0 Å². The van der Waals surface area contributed by atoms with Gasteiger partial charge >= 0.3 is 0 Å². The van der Waals surface area contributed by atoms with E-state index in [1.54, 1.807) is 18.5 Å². The summed E-state index contributed by atoms with van der Waals surface area (Å²) in [6.45, 7) is 4.47. The zero-order chi connectivity index (χ0) is 18.9. The number of nitrogens with zero attached hydrogens (tertiary/aromatic N) is 5. The third kappa shape index (κ3) is 4.24. The van der Waals surface area contributed by atoms with Crippen LogP contribution in [0.15, 0.2) is 18.5 Å². The lowest BCUT2D eigenvalue weighted by Crippen LogP contribution is -2.54. The van der Waals surface area contributed by atoms with Gasteiger partial charge in [0.25, 0.3) is 0 Å². The minimum absolute atomic E-state index is 0.0130. The fraction of sp³-hybridized carbons (Fsp3) is 0.722. The Kier molecular flexibility index (Phi) is 5.32. The Labute approximate surface area is 160 Å². The minimum Gasteiger partial charge on any atom is -0.340 e. The number of hydrogen-bond acceptors (Lipinski definition) is 7. The Morgan fingerprint density at radius 1 is 1.04 bits per heavy atom. The Morgan fingerprint density at radius 2 is 1.78 bits per heavy atom. The number of aromatic nitrogens is 2. The highest BCUT2D eigenvalue weighted by atomic mass is 32.2. The highest BCUT2D eigenvalue weighted by Crippen LogP contribution is 2.24. The maximum Gasteiger partial charge on any atom is 0.227 e. The summed E-state index contributed by atoms with van der Waals surface area (Å²) < 4.78 is 23.4. The van der Waals surface area contributed by atoms with Crippen LogP contribution in [0.4, 0.5) is 5.95 Å². The molecule has 2 atom stereocenters. The average molecular weight is 394 g/mol. The van der Waals surface area contributed by atoms with E-state index in [1.807, 2.05) is 4.90 Å². The second kappa shape index (κ2) is 7.71. The quantitative estimate of drug-likeness (QED) is 0.716. The molecule has 0 bridgehead atoms. The van der Waals surface area contributed by atoms with E-state index in [9.17, 15) is 13.2 Å². The van der Waals surface area contributed by atoms with Gasteiger partial charge in [-0.3, -0.25) is 9.69 Å². The zero-order valence-corrected chi connectivity index (χ0v) is 16.4. The van der Waals surface area contributed by atoms with E-state index in [-0.39, 0.29) is 23.6 Å². The van der Waals surface area contributed by atoms with Crippen molar-refractivity contribution in [1.29, 1.82) is 0 Å². The molecule has 9 heteroatoms. The van der Waals surface area contributed by atoms with Gasteiger partial charge < -0.3 is 9.80 Å². The normalized spacial score (nSPS) is 29.0. The Balaban J connectivity index is 1.31. The molecule has 0 spiro atoms. The molecule has 3 saturated heterocycles. The predicted octanol–water partition coefficient (Wildman–Crippen LogP) is 0.0243. The van der Waals surface area contributed by atoms with Gasteiger partial charge in [-0.25, -0.2) is 18.4 Å². The van der Waals surface area contributed by atoms with Crippen LogP contribution in [0.2, 0.25) is 0 Å². The van der Waals surface area contributed by atoms with Gasteiger partial charge in [0, 0.05) is 57.7 Å². The summed E-state index contributed by atoms with van der Waals surface area (Å²) in [4.78, 5) is 27.9. The first kappa shape index (κ1) is 18.6. The molecule has 0 saturated carbocycles. The van der Waals surface area contributed by atoms with Crippen LogP contribution in [0.25, 0.3) is 0 Å².